The first-order valence-electron chi connectivity index (χ1n) is 29.5. The van der Waals surface area contributed by atoms with Crippen molar-refractivity contribution in [3.63, 3.8) is 0 Å². The molecule has 0 amide bonds. The van der Waals surface area contributed by atoms with Gasteiger partial charge in [0.15, 0.2) is 17.5 Å². The minimum atomic E-state index is -0.169. The van der Waals surface area contributed by atoms with Gasteiger partial charge in [-0.1, -0.05) is 241 Å². The second kappa shape index (κ2) is 18.8. The molecule has 14 rings (SSSR count). The predicted octanol–water partition coefficient (Wildman–Crippen LogP) is 18.8. The van der Waals surface area contributed by atoms with Crippen LogP contribution < -0.4 is 26.2 Å². The molecule has 5 nitrogen and oxygen atoms in total. The molecule has 3 heterocycles. The normalized spacial score (nSPS) is 13.5. The lowest BCUT2D eigenvalue weighted by atomic mass is 9.33. The Hall–Kier alpha value is -8.87. The fraction of sp³-hybridized carbons (Fsp3) is 0.208. The molecule has 0 saturated carbocycles. The molecule has 83 heavy (non-hydrogen) atoms. The Bertz CT molecular complexity index is 4260. The Labute approximate surface area is 489 Å². The Balaban J connectivity index is 1.19. The molecule has 0 aliphatic carbocycles. The van der Waals surface area contributed by atoms with Crippen molar-refractivity contribution in [1.29, 1.82) is 0 Å². The van der Waals surface area contributed by atoms with Gasteiger partial charge in [0, 0.05) is 50.8 Å². The highest BCUT2D eigenvalue weighted by Crippen LogP contribution is 2.50. The lowest BCUT2D eigenvalue weighted by molar-refractivity contribution is 0.568. The van der Waals surface area contributed by atoms with E-state index in [1.807, 2.05) is 12.1 Å². The zero-order valence-corrected chi connectivity index (χ0v) is 49.9. The number of hydrogen-bond donors (Lipinski definition) is 0. The van der Waals surface area contributed by atoms with Crippen LogP contribution in [0.2, 0.25) is 0 Å². The van der Waals surface area contributed by atoms with Crippen molar-refractivity contribution < 1.29 is 0 Å². The zero-order valence-electron chi connectivity index (χ0n) is 49.9. The van der Waals surface area contributed by atoms with Gasteiger partial charge in [-0.05, 0) is 152 Å². The maximum Gasteiger partial charge on any atom is 0.252 e. The standard InChI is InChI=1S/C77H70BN5/c1-74(2,3)54-39-55(75(4,5)6)42-58(41-54)82-66-45-62-51(33-31-47-23-19-21-29-60(47)62)35-64(66)78-65-36-52-34-32-48-24-20-22-30-61(48)63(52)46-67(65)83(59-43-56(76(7,8)9)40-57(44-59)77(10,11)12)69-38-53(37-68(82)70(69)78)73-80-71(49-25-15-13-16-26-49)79-72(81-73)50-27-17-14-18-28-50/h13-46H,1-12H3. The van der Waals surface area contributed by atoms with Crippen molar-refractivity contribution >= 4 is 100 Å². The number of nitrogens with zero attached hydrogens (tertiary/aromatic N) is 5. The molecule has 1 aromatic heterocycles. The Kier molecular flexibility index (Phi) is 11.9. The lowest BCUT2D eigenvalue weighted by Gasteiger charge is -2.45. The van der Waals surface area contributed by atoms with Gasteiger partial charge in [-0.3, -0.25) is 0 Å². The average Bonchev–Trinajstić information content (AvgIpc) is 0.800. The third kappa shape index (κ3) is 8.97. The number of anilines is 6. The molecule has 0 radical (unpaired) electrons. The molecule has 11 aromatic carbocycles. The number of aromatic nitrogens is 3. The van der Waals surface area contributed by atoms with Crippen molar-refractivity contribution in [2.24, 2.45) is 0 Å². The van der Waals surface area contributed by atoms with Crippen LogP contribution in [0.25, 0.3) is 77.3 Å². The lowest BCUT2D eigenvalue weighted by Crippen LogP contribution is -2.61. The van der Waals surface area contributed by atoms with Gasteiger partial charge < -0.3 is 9.80 Å². The Morgan fingerprint density at radius 2 is 0.627 bits per heavy atom. The van der Waals surface area contributed by atoms with Crippen LogP contribution in [0.4, 0.5) is 34.1 Å². The zero-order chi connectivity index (χ0) is 57.5. The highest BCUT2D eigenvalue weighted by Gasteiger charge is 2.45. The van der Waals surface area contributed by atoms with Crippen molar-refractivity contribution in [2.45, 2.75) is 105 Å². The van der Waals surface area contributed by atoms with E-state index in [-0.39, 0.29) is 28.4 Å². The summed E-state index contributed by atoms with van der Waals surface area (Å²) in [6.07, 6.45) is 0. The van der Waals surface area contributed by atoms with E-state index < -0.39 is 0 Å². The average molecular weight is 1080 g/mol. The molecule has 406 valence electrons. The summed E-state index contributed by atoms with van der Waals surface area (Å²) in [6, 6.07) is 77.3. The maximum atomic E-state index is 5.52. The highest BCUT2D eigenvalue weighted by atomic mass is 15.2. The summed E-state index contributed by atoms with van der Waals surface area (Å²) < 4.78 is 0. The largest absolute Gasteiger partial charge is 0.311 e. The van der Waals surface area contributed by atoms with Gasteiger partial charge >= 0.3 is 0 Å². The highest BCUT2D eigenvalue weighted by molar-refractivity contribution is 7.00. The van der Waals surface area contributed by atoms with Crippen LogP contribution in [0.15, 0.2) is 206 Å². The summed E-state index contributed by atoms with van der Waals surface area (Å²) >= 11 is 0. The molecule has 0 unspecified atom stereocenters. The molecule has 12 aromatic rings. The van der Waals surface area contributed by atoms with Crippen molar-refractivity contribution in [3.05, 3.63) is 229 Å². The van der Waals surface area contributed by atoms with Gasteiger partial charge in [-0.2, -0.15) is 0 Å². The fourth-order valence-corrected chi connectivity index (χ4v) is 12.8. The molecule has 0 fully saturated rings. The number of hydrogen-bond acceptors (Lipinski definition) is 5. The monoisotopic (exact) mass is 1080 g/mol. The Morgan fingerprint density at radius 1 is 0.289 bits per heavy atom. The minimum Gasteiger partial charge on any atom is -0.311 e. The van der Waals surface area contributed by atoms with E-state index in [4.69, 9.17) is 15.0 Å². The van der Waals surface area contributed by atoms with Crippen LogP contribution in [0.5, 0.6) is 0 Å². The van der Waals surface area contributed by atoms with Crippen LogP contribution >= 0.6 is 0 Å². The quantitative estimate of drug-likeness (QED) is 0.127. The van der Waals surface area contributed by atoms with E-state index in [0.717, 1.165) is 50.8 Å². The van der Waals surface area contributed by atoms with Crippen LogP contribution in [-0.4, -0.2) is 21.7 Å². The summed E-state index contributed by atoms with van der Waals surface area (Å²) in [7, 11) is 0. The first kappa shape index (κ1) is 52.2. The first-order valence-corrected chi connectivity index (χ1v) is 29.5. The summed E-state index contributed by atoms with van der Waals surface area (Å²) in [6.45, 7) is 28.0. The third-order valence-electron chi connectivity index (χ3n) is 17.6. The van der Waals surface area contributed by atoms with Crippen LogP contribution in [0.1, 0.15) is 105 Å². The van der Waals surface area contributed by atoms with E-state index in [2.05, 4.69) is 287 Å². The summed E-state index contributed by atoms with van der Waals surface area (Å²) in [5, 5.41) is 9.81. The third-order valence-corrected chi connectivity index (χ3v) is 17.6. The minimum absolute atomic E-state index is 0.144. The fourth-order valence-electron chi connectivity index (χ4n) is 12.8. The van der Waals surface area contributed by atoms with Crippen molar-refractivity contribution in [2.75, 3.05) is 9.80 Å². The van der Waals surface area contributed by atoms with Gasteiger partial charge in [-0.15, -0.1) is 0 Å². The number of rotatable bonds is 5. The Morgan fingerprint density at radius 3 is 1.00 bits per heavy atom. The smallest absolute Gasteiger partial charge is 0.252 e. The summed E-state index contributed by atoms with van der Waals surface area (Å²) in [5.74, 6) is 1.86. The molecular weight excluding hydrogens is 1010 g/mol. The number of benzene rings is 11. The second-order valence-electron chi connectivity index (χ2n) is 27.4. The molecule has 0 N–H and O–H groups in total. The molecule has 2 aliphatic heterocycles. The molecule has 0 atom stereocenters. The van der Waals surface area contributed by atoms with E-state index in [1.165, 1.54) is 81.7 Å². The van der Waals surface area contributed by atoms with Crippen molar-refractivity contribution in [1.82, 2.24) is 15.0 Å². The van der Waals surface area contributed by atoms with E-state index >= 15 is 0 Å². The molecular formula is C77H70BN5. The van der Waals surface area contributed by atoms with Gasteiger partial charge in [0.2, 0.25) is 0 Å². The van der Waals surface area contributed by atoms with Gasteiger partial charge in [0.1, 0.15) is 0 Å². The second-order valence-corrected chi connectivity index (χ2v) is 27.4. The van der Waals surface area contributed by atoms with Gasteiger partial charge in [0.05, 0.1) is 0 Å². The van der Waals surface area contributed by atoms with Crippen LogP contribution in [0.3, 0.4) is 0 Å². The van der Waals surface area contributed by atoms with E-state index in [9.17, 15) is 0 Å². The SMILES string of the molecule is CC(C)(C)c1cc(N2c3cc4c(ccc5ccccc54)cc3B3c4cc5ccc6ccccc6c5cc4N(c4cc(C(C)(C)C)cc(C(C)(C)C)c4)c4cc(-c5nc(-c6ccccc6)nc(-c6ccccc6)n5)cc2c43)cc(C(C)(C)C)c1. The van der Waals surface area contributed by atoms with E-state index in [1.54, 1.807) is 0 Å². The van der Waals surface area contributed by atoms with Gasteiger partial charge in [0.25, 0.3) is 6.71 Å². The predicted molar refractivity (Wildman–Crippen MR) is 355 cm³/mol. The van der Waals surface area contributed by atoms with Crippen LogP contribution in [-0.2, 0) is 21.7 Å². The molecule has 0 bridgehead atoms. The van der Waals surface area contributed by atoms with E-state index in [0.29, 0.717) is 17.5 Å². The van der Waals surface area contributed by atoms with Crippen molar-refractivity contribution in [3.8, 4) is 34.2 Å². The summed E-state index contributed by atoms with van der Waals surface area (Å²) in [5.41, 5.74) is 17.9. The molecule has 6 heteroatoms. The summed E-state index contributed by atoms with van der Waals surface area (Å²) in [4.78, 5) is 21.5. The van der Waals surface area contributed by atoms with Gasteiger partial charge in [-0.25, -0.2) is 15.0 Å². The molecule has 0 saturated heterocycles. The first-order chi connectivity index (χ1) is 39.6. The van der Waals surface area contributed by atoms with Crippen LogP contribution in [0, 0.1) is 0 Å². The maximum absolute atomic E-state index is 5.52. The molecule has 2 aliphatic rings. The number of fused-ring (bicyclic) bond motifs is 10. The molecule has 0 spiro atoms. The topological polar surface area (TPSA) is 45.2 Å².